The largest absolute Gasteiger partial charge is 0.478 e. The third-order valence-electron chi connectivity index (χ3n) is 2.94. The fourth-order valence-corrected chi connectivity index (χ4v) is 2.80. The molecule has 0 aliphatic carbocycles. The number of nitrogens with one attached hydrogen (secondary N) is 1. The van der Waals surface area contributed by atoms with E-state index in [0.29, 0.717) is 23.0 Å². The minimum atomic E-state index is -0.993. The summed E-state index contributed by atoms with van der Waals surface area (Å²) < 4.78 is 0. The van der Waals surface area contributed by atoms with Crippen molar-refractivity contribution in [1.29, 1.82) is 0 Å². The molecule has 120 valence electrons. The third kappa shape index (κ3) is 5.37. The number of amides is 1. The van der Waals surface area contributed by atoms with Crippen LogP contribution in [-0.2, 0) is 4.79 Å². The predicted molar refractivity (Wildman–Crippen MR) is 88.9 cm³/mol. The van der Waals surface area contributed by atoms with E-state index in [1.165, 1.54) is 23.9 Å². The predicted octanol–water partition coefficient (Wildman–Crippen LogP) is 2.91. The molecule has 0 spiro atoms. The Labute approximate surface area is 138 Å². The maximum atomic E-state index is 11.9. The standard InChI is InChI=1S/C16H17N3O3S/c1-10-9-11(2)18-16(17-10)23-8-7-14(20)19-13-5-3-12(4-6-13)15(21)22/h3-6,9H,7-8H2,1-2H3,(H,19,20)(H,21,22). The number of aromatic nitrogens is 2. The van der Waals surface area contributed by atoms with E-state index in [-0.39, 0.29) is 11.5 Å². The van der Waals surface area contributed by atoms with E-state index in [4.69, 9.17) is 5.11 Å². The molecule has 0 atom stereocenters. The zero-order valence-corrected chi connectivity index (χ0v) is 13.7. The Bertz CT molecular complexity index is 697. The second kappa shape index (κ2) is 7.73. The summed E-state index contributed by atoms with van der Waals surface area (Å²) in [5, 5.41) is 12.2. The van der Waals surface area contributed by atoms with Crippen molar-refractivity contribution >= 4 is 29.3 Å². The van der Waals surface area contributed by atoms with Gasteiger partial charge in [-0.15, -0.1) is 0 Å². The molecule has 2 aromatic rings. The molecule has 0 unspecified atom stereocenters. The number of carbonyl (C=O) groups is 2. The zero-order chi connectivity index (χ0) is 16.8. The second-order valence-electron chi connectivity index (χ2n) is 4.96. The molecular formula is C16H17N3O3S. The molecule has 6 nitrogen and oxygen atoms in total. The van der Waals surface area contributed by atoms with E-state index >= 15 is 0 Å². The monoisotopic (exact) mass is 331 g/mol. The molecule has 0 radical (unpaired) electrons. The van der Waals surface area contributed by atoms with Crippen LogP contribution in [0.25, 0.3) is 0 Å². The highest BCUT2D eigenvalue weighted by Gasteiger charge is 2.06. The molecule has 7 heteroatoms. The van der Waals surface area contributed by atoms with Crippen LogP contribution in [0, 0.1) is 13.8 Å². The number of hydrogen-bond donors (Lipinski definition) is 2. The van der Waals surface area contributed by atoms with Gasteiger partial charge >= 0.3 is 5.97 Å². The Kier molecular flexibility index (Phi) is 5.70. The molecule has 0 aliphatic rings. The highest BCUT2D eigenvalue weighted by Crippen LogP contribution is 2.16. The molecule has 1 aromatic carbocycles. The van der Waals surface area contributed by atoms with Crippen molar-refractivity contribution in [2.45, 2.75) is 25.4 Å². The molecule has 2 N–H and O–H groups in total. The summed E-state index contributed by atoms with van der Waals surface area (Å²) in [6, 6.07) is 7.95. The maximum absolute atomic E-state index is 11.9. The molecule has 0 saturated heterocycles. The van der Waals surface area contributed by atoms with Crippen LogP contribution in [-0.4, -0.2) is 32.7 Å². The summed E-state index contributed by atoms with van der Waals surface area (Å²) in [6.07, 6.45) is 0.321. The normalized spacial score (nSPS) is 10.3. The quantitative estimate of drug-likeness (QED) is 0.624. The molecule has 1 heterocycles. The van der Waals surface area contributed by atoms with Crippen molar-refractivity contribution in [3.05, 3.63) is 47.3 Å². The second-order valence-corrected chi connectivity index (χ2v) is 6.02. The Morgan fingerprint density at radius 3 is 2.30 bits per heavy atom. The van der Waals surface area contributed by atoms with Crippen LogP contribution in [0.15, 0.2) is 35.5 Å². The lowest BCUT2D eigenvalue weighted by Crippen LogP contribution is -2.12. The average Bonchev–Trinajstić information content (AvgIpc) is 2.46. The van der Waals surface area contributed by atoms with E-state index in [1.54, 1.807) is 12.1 Å². The Morgan fingerprint density at radius 2 is 1.74 bits per heavy atom. The summed E-state index contributed by atoms with van der Waals surface area (Å²) in [5.74, 6) is -0.556. The smallest absolute Gasteiger partial charge is 0.335 e. The minimum Gasteiger partial charge on any atom is -0.478 e. The third-order valence-corrected chi connectivity index (χ3v) is 3.79. The Hall–Kier alpha value is -2.41. The average molecular weight is 331 g/mol. The number of aromatic carboxylic acids is 1. The van der Waals surface area contributed by atoms with Crippen molar-refractivity contribution in [2.75, 3.05) is 11.1 Å². The number of nitrogens with zero attached hydrogens (tertiary/aromatic N) is 2. The molecule has 0 aliphatic heterocycles. The highest BCUT2D eigenvalue weighted by molar-refractivity contribution is 7.99. The summed E-state index contributed by atoms with van der Waals surface area (Å²) in [6.45, 7) is 3.82. The van der Waals surface area contributed by atoms with E-state index in [1.807, 2.05) is 19.9 Å². The summed E-state index contributed by atoms with van der Waals surface area (Å²) >= 11 is 1.43. The van der Waals surface area contributed by atoms with Crippen molar-refractivity contribution in [2.24, 2.45) is 0 Å². The molecular weight excluding hydrogens is 314 g/mol. The van der Waals surface area contributed by atoms with Gasteiger partial charge in [-0.1, -0.05) is 11.8 Å². The van der Waals surface area contributed by atoms with E-state index < -0.39 is 5.97 Å². The summed E-state index contributed by atoms with van der Waals surface area (Å²) in [4.78, 5) is 31.2. The summed E-state index contributed by atoms with van der Waals surface area (Å²) in [5.41, 5.74) is 2.57. The maximum Gasteiger partial charge on any atom is 0.335 e. The zero-order valence-electron chi connectivity index (χ0n) is 12.9. The molecule has 0 fully saturated rings. The van der Waals surface area contributed by atoms with Crippen molar-refractivity contribution in [3.63, 3.8) is 0 Å². The van der Waals surface area contributed by atoms with Crippen LogP contribution >= 0.6 is 11.8 Å². The number of carboxylic acids is 1. The van der Waals surface area contributed by atoms with Crippen LogP contribution in [0.1, 0.15) is 28.2 Å². The lowest BCUT2D eigenvalue weighted by atomic mass is 10.2. The molecule has 1 amide bonds. The van der Waals surface area contributed by atoms with Gasteiger partial charge in [0.2, 0.25) is 5.91 Å². The van der Waals surface area contributed by atoms with Crippen molar-refractivity contribution in [3.8, 4) is 0 Å². The minimum absolute atomic E-state index is 0.134. The fourth-order valence-electron chi connectivity index (χ4n) is 1.91. The lowest BCUT2D eigenvalue weighted by Gasteiger charge is -2.06. The van der Waals surface area contributed by atoms with Crippen LogP contribution < -0.4 is 5.32 Å². The SMILES string of the molecule is Cc1cc(C)nc(SCCC(=O)Nc2ccc(C(=O)O)cc2)n1. The number of anilines is 1. The van der Waals surface area contributed by atoms with Gasteiger partial charge in [0.15, 0.2) is 5.16 Å². The van der Waals surface area contributed by atoms with Crippen molar-refractivity contribution in [1.82, 2.24) is 9.97 Å². The van der Waals surface area contributed by atoms with Crippen molar-refractivity contribution < 1.29 is 14.7 Å². The van der Waals surface area contributed by atoms with Gasteiger partial charge in [0.25, 0.3) is 0 Å². The molecule has 1 aromatic heterocycles. The highest BCUT2D eigenvalue weighted by atomic mass is 32.2. The van der Waals surface area contributed by atoms with E-state index in [0.717, 1.165) is 11.4 Å². The number of rotatable bonds is 6. The number of carbonyl (C=O) groups excluding carboxylic acids is 1. The number of thioether (sulfide) groups is 1. The number of hydrogen-bond acceptors (Lipinski definition) is 5. The molecule has 0 bridgehead atoms. The van der Waals surface area contributed by atoms with Gasteiger partial charge in [-0.2, -0.15) is 0 Å². The van der Waals surface area contributed by atoms with Crippen LogP contribution in [0.5, 0.6) is 0 Å². The molecule has 23 heavy (non-hydrogen) atoms. The topological polar surface area (TPSA) is 92.2 Å². The first-order chi connectivity index (χ1) is 10.9. The number of carboxylic acid groups (broad SMARTS) is 1. The number of benzene rings is 1. The molecule has 0 saturated carbocycles. The lowest BCUT2D eigenvalue weighted by molar-refractivity contribution is -0.115. The van der Waals surface area contributed by atoms with Gasteiger partial charge < -0.3 is 10.4 Å². The van der Waals surface area contributed by atoms with E-state index in [2.05, 4.69) is 15.3 Å². The van der Waals surface area contributed by atoms with Crippen LogP contribution in [0.3, 0.4) is 0 Å². The van der Waals surface area contributed by atoms with Crippen LogP contribution in [0.4, 0.5) is 5.69 Å². The van der Waals surface area contributed by atoms with Crippen LogP contribution in [0.2, 0.25) is 0 Å². The molecule has 2 rings (SSSR count). The Balaban J connectivity index is 1.81. The fraction of sp³-hybridized carbons (Fsp3) is 0.250. The van der Waals surface area contributed by atoms with Gasteiger partial charge in [-0.25, -0.2) is 14.8 Å². The van der Waals surface area contributed by atoms with E-state index in [9.17, 15) is 9.59 Å². The summed E-state index contributed by atoms with van der Waals surface area (Å²) in [7, 11) is 0. The first-order valence-electron chi connectivity index (χ1n) is 7.02. The first kappa shape index (κ1) is 17.0. The van der Waals surface area contributed by atoms with Gasteiger partial charge in [-0.05, 0) is 44.2 Å². The van der Waals surface area contributed by atoms with Gasteiger partial charge in [0.05, 0.1) is 5.56 Å². The number of aryl methyl sites for hydroxylation is 2. The van der Waals surface area contributed by atoms with Gasteiger partial charge in [0.1, 0.15) is 0 Å². The Morgan fingerprint density at radius 1 is 1.13 bits per heavy atom. The van der Waals surface area contributed by atoms with Gasteiger partial charge in [-0.3, -0.25) is 4.79 Å². The van der Waals surface area contributed by atoms with Gasteiger partial charge in [0, 0.05) is 29.2 Å². The first-order valence-corrected chi connectivity index (χ1v) is 8.01.